The molecule has 0 spiro atoms. The summed E-state index contributed by atoms with van der Waals surface area (Å²) >= 11 is 0. The molecule has 0 aromatic heterocycles. The van der Waals surface area contributed by atoms with Gasteiger partial charge in [-0.25, -0.2) is 0 Å². The molecule has 1 atom stereocenters. The molecule has 0 aliphatic carbocycles. The van der Waals surface area contributed by atoms with Gasteiger partial charge in [-0.15, -0.1) is 0 Å². The van der Waals surface area contributed by atoms with Crippen LogP contribution in [0, 0.1) is 0 Å². The first-order valence-electron chi connectivity index (χ1n) is 7.52. The molecule has 2 heteroatoms. The maximum Gasteiger partial charge on any atom is 0.124 e. The highest BCUT2D eigenvalue weighted by molar-refractivity contribution is 5.87. The summed E-state index contributed by atoms with van der Waals surface area (Å²) in [6, 6.07) is 13.2. The van der Waals surface area contributed by atoms with Crippen molar-refractivity contribution in [2.75, 3.05) is 0 Å². The van der Waals surface area contributed by atoms with Crippen molar-refractivity contribution in [3.8, 4) is 5.75 Å². The highest BCUT2D eigenvalue weighted by atomic mass is 16.5. The number of fused-ring (bicyclic) bond motifs is 1. The molecule has 0 aliphatic rings. The highest BCUT2D eigenvalue weighted by Gasteiger charge is 2.11. The second-order valence-corrected chi connectivity index (χ2v) is 5.62. The van der Waals surface area contributed by atoms with Gasteiger partial charge in [-0.3, -0.25) is 0 Å². The lowest BCUT2D eigenvalue weighted by molar-refractivity contribution is 0.239. The second-order valence-electron chi connectivity index (χ2n) is 5.62. The van der Waals surface area contributed by atoms with E-state index >= 15 is 0 Å². The van der Waals surface area contributed by atoms with Crippen LogP contribution in [0.15, 0.2) is 36.4 Å². The molecular weight excluding hydrogens is 246 g/mol. The summed E-state index contributed by atoms with van der Waals surface area (Å²) < 4.78 is 5.98. The first-order chi connectivity index (χ1) is 9.61. The topological polar surface area (TPSA) is 21.3 Å². The number of nitrogens with one attached hydrogen (secondary N) is 1. The zero-order chi connectivity index (χ0) is 14.5. The van der Waals surface area contributed by atoms with Crippen LogP contribution in [0.3, 0.4) is 0 Å². The number of benzene rings is 2. The van der Waals surface area contributed by atoms with Gasteiger partial charge in [-0.1, -0.05) is 37.3 Å². The first kappa shape index (κ1) is 14.9. The third kappa shape index (κ3) is 3.51. The SMILES string of the molecule is CC[C@@H](C)NCc1c(OC(C)C)ccc2ccccc12. The fourth-order valence-corrected chi connectivity index (χ4v) is 2.28. The van der Waals surface area contributed by atoms with Crippen LogP contribution in [0.5, 0.6) is 5.75 Å². The number of hydrogen-bond donors (Lipinski definition) is 1. The van der Waals surface area contributed by atoms with Crippen LogP contribution in [0.4, 0.5) is 0 Å². The minimum Gasteiger partial charge on any atom is -0.491 e. The van der Waals surface area contributed by atoms with Crippen molar-refractivity contribution in [1.29, 1.82) is 0 Å². The van der Waals surface area contributed by atoms with E-state index in [1.807, 2.05) is 0 Å². The van der Waals surface area contributed by atoms with Crippen molar-refractivity contribution in [2.45, 2.75) is 52.8 Å². The molecule has 0 radical (unpaired) electrons. The van der Waals surface area contributed by atoms with Gasteiger partial charge in [0, 0.05) is 18.2 Å². The van der Waals surface area contributed by atoms with E-state index in [0.717, 1.165) is 18.7 Å². The molecular formula is C18H25NO. The normalized spacial score (nSPS) is 12.8. The summed E-state index contributed by atoms with van der Waals surface area (Å²) in [6.45, 7) is 9.40. The lowest BCUT2D eigenvalue weighted by Gasteiger charge is -2.18. The van der Waals surface area contributed by atoms with Crippen LogP contribution in [0.2, 0.25) is 0 Å². The van der Waals surface area contributed by atoms with Crippen LogP contribution in [-0.4, -0.2) is 12.1 Å². The largest absolute Gasteiger partial charge is 0.491 e. The highest BCUT2D eigenvalue weighted by Crippen LogP contribution is 2.29. The van der Waals surface area contributed by atoms with E-state index in [1.165, 1.54) is 16.3 Å². The Hall–Kier alpha value is -1.54. The summed E-state index contributed by atoms with van der Waals surface area (Å²) in [5.41, 5.74) is 1.26. The predicted molar refractivity (Wildman–Crippen MR) is 86.3 cm³/mol. The van der Waals surface area contributed by atoms with Crippen molar-refractivity contribution in [3.63, 3.8) is 0 Å². The standard InChI is InChI=1S/C18H25NO/c1-5-14(4)19-12-17-16-9-7-6-8-15(16)10-11-18(17)20-13(2)3/h6-11,13-14,19H,5,12H2,1-4H3/t14-/m1/s1. The van der Waals surface area contributed by atoms with E-state index in [4.69, 9.17) is 4.74 Å². The maximum absolute atomic E-state index is 5.98. The Morgan fingerprint density at radius 2 is 1.80 bits per heavy atom. The molecule has 0 saturated heterocycles. The van der Waals surface area contributed by atoms with Gasteiger partial charge >= 0.3 is 0 Å². The Balaban J connectivity index is 2.38. The summed E-state index contributed by atoms with van der Waals surface area (Å²) in [5, 5.41) is 6.12. The van der Waals surface area contributed by atoms with Gasteiger partial charge in [-0.05, 0) is 44.0 Å². The Kier molecular flexibility index (Phi) is 5.02. The zero-order valence-electron chi connectivity index (χ0n) is 12.9. The summed E-state index contributed by atoms with van der Waals surface area (Å²) in [4.78, 5) is 0. The monoisotopic (exact) mass is 271 g/mol. The minimum absolute atomic E-state index is 0.193. The molecule has 0 fully saturated rings. The zero-order valence-corrected chi connectivity index (χ0v) is 12.9. The van der Waals surface area contributed by atoms with E-state index < -0.39 is 0 Å². The molecule has 2 aromatic carbocycles. The lowest BCUT2D eigenvalue weighted by Crippen LogP contribution is -2.25. The summed E-state index contributed by atoms with van der Waals surface area (Å²) in [6.07, 6.45) is 1.32. The number of ether oxygens (including phenoxy) is 1. The lowest BCUT2D eigenvalue weighted by atomic mass is 10.0. The van der Waals surface area contributed by atoms with Crippen molar-refractivity contribution in [1.82, 2.24) is 5.32 Å². The molecule has 2 nitrogen and oxygen atoms in total. The van der Waals surface area contributed by atoms with Crippen molar-refractivity contribution >= 4 is 10.8 Å². The summed E-state index contributed by atoms with van der Waals surface area (Å²) in [7, 11) is 0. The predicted octanol–water partition coefficient (Wildman–Crippen LogP) is 4.52. The molecule has 0 amide bonds. The molecule has 1 N–H and O–H groups in total. The number of hydrogen-bond acceptors (Lipinski definition) is 2. The van der Waals surface area contributed by atoms with Crippen LogP contribution in [-0.2, 0) is 6.54 Å². The number of rotatable bonds is 6. The second kappa shape index (κ2) is 6.76. The Bertz CT molecular complexity index is 562. The van der Waals surface area contributed by atoms with E-state index in [9.17, 15) is 0 Å². The van der Waals surface area contributed by atoms with Gasteiger partial charge in [0.25, 0.3) is 0 Å². The summed E-state index contributed by atoms with van der Waals surface area (Å²) in [5.74, 6) is 0.995. The Morgan fingerprint density at radius 1 is 1.05 bits per heavy atom. The van der Waals surface area contributed by atoms with Gasteiger partial charge in [0.2, 0.25) is 0 Å². The van der Waals surface area contributed by atoms with Crippen molar-refractivity contribution in [3.05, 3.63) is 42.0 Å². The van der Waals surface area contributed by atoms with Crippen LogP contribution >= 0.6 is 0 Å². The fraction of sp³-hybridized carbons (Fsp3) is 0.444. The molecule has 2 rings (SSSR count). The van der Waals surface area contributed by atoms with E-state index in [2.05, 4.69) is 69.4 Å². The molecule has 2 aromatic rings. The maximum atomic E-state index is 5.98. The Labute approximate surface area is 122 Å². The van der Waals surface area contributed by atoms with E-state index in [1.54, 1.807) is 0 Å². The van der Waals surface area contributed by atoms with Gasteiger partial charge in [-0.2, -0.15) is 0 Å². The average Bonchev–Trinajstić information content (AvgIpc) is 2.45. The Morgan fingerprint density at radius 3 is 2.50 bits per heavy atom. The first-order valence-corrected chi connectivity index (χ1v) is 7.52. The fourth-order valence-electron chi connectivity index (χ4n) is 2.28. The van der Waals surface area contributed by atoms with Gasteiger partial charge in [0.1, 0.15) is 5.75 Å². The van der Waals surface area contributed by atoms with E-state index in [-0.39, 0.29) is 6.10 Å². The van der Waals surface area contributed by atoms with E-state index in [0.29, 0.717) is 6.04 Å². The molecule has 0 saturated carbocycles. The molecule has 0 unspecified atom stereocenters. The average molecular weight is 271 g/mol. The van der Waals surface area contributed by atoms with Crippen LogP contribution in [0.1, 0.15) is 39.7 Å². The molecule has 108 valence electrons. The molecule has 0 bridgehead atoms. The van der Waals surface area contributed by atoms with Gasteiger partial charge in [0.05, 0.1) is 6.10 Å². The smallest absolute Gasteiger partial charge is 0.124 e. The molecule has 20 heavy (non-hydrogen) atoms. The van der Waals surface area contributed by atoms with Crippen LogP contribution in [0.25, 0.3) is 10.8 Å². The molecule has 0 aliphatic heterocycles. The van der Waals surface area contributed by atoms with Gasteiger partial charge in [0.15, 0.2) is 0 Å². The van der Waals surface area contributed by atoms with Crippen LogP contribution < -0.4 is 10.1 Å². The van der Waals surface area contributed by atoms with Crippen molar-refractivity contribution in [2.24, 2.45) is 0 Å². The van der Waals surface area contributed by atoms with Crippen molar-refractivity contribution < 1.29 is 4.74 Å². The minimum atomic E-state index is 0.193. The third-order valence-corrected chi connectivity index (χ3v) is 3.60. The third-order valence-electron chi connectivity index (χ3n) is 3.60. The quantitative estimate of drug-likeness (QED) is 0.834. The molecule has 0 heterocycles. The van der Waals surface area contributed by atoms with Gasteiger partial charge < -0.3 is 10.1 Å².